The summed E-state index contributed by atoms with van der Waals surface area (Å²) in [5.74, 6) is -0.289. The summed E-state index contributed by atoms with van der Waals surface area (Å²) in [6, 6.07) is -0.745. The average Bonchev–Trinajstić information content (AvgIpc) is 2.25. The molecule has 0 aliphatic carbocycles. The van der Waals surface area contributed by atoms with Gasteiger partial charge in [0.15, 0.2) is 0 Å². The van der Waals surface area contributed by atoms with Gasteiger partial charge in [-0.2, -0.15) is 0 Å². The van der Waals surface area contributed by atoms with E-state index >= 15 is 0 Å². The summed E-state index contributed by atoms with van der Waals surface area (Å²) in [5, 5.41) is 31.1. The van der Waals surface area contributed by atoms with E-state index in [1.165, 1.54) is 0 Å². The zero-order chi connectivity index (χ0) is 11.4. The highest BCUT2D eigenvalue weighted by atomic mass is 16.3. The van der Waals surface area contributed by atoms with Gasteiger partial charge in [-0.1, -0.05) is 6.92 Å². The minimum absolute atomic E-state index is 0.0440. The number of rotatable bonds is 4. The van der Waals surface area contributed by atoms with Crippen molar-refractivity contribution in [1.82, 2.24) is 5.32 Å². The van der Waals surface area contributed by atoms with Crippen LogP contribution in [-0.2, 0) is 4.79 Å². The molecular weight excluding hydrogens is 198 g/mol. The summed E-state index contributed by atoms with van der Waals surface area (Å²) in [6.07, 6.45) is 0.0896. The molecule has 5 atom stereocenters. The van der Waals surface area contributed by atoms with Gasteiger partial charge in [0, 0.05) is 18.6 Å². The zero-order valence-corrected chi connectivity index (χ0v) is 8.84. The molecule has 0 aromatic rings. The van der Waals surface area contributed by atoms with Crippen LogP contribution in [0.25, 0.3) is 0 Å². The minimum Gasteiger partial charge on any atom is -0.396 e. The molecule has 1 saturated heterocycles. The molecule has 0 aromatic carbocycles. The van der Waals surface area contributed by atoms with Crippen LogP contribution in [0.3, 0.4) is 0 Å². The van der Waals surface area contributed by atoms with Gasteiger partial charge in [0.1, 0.15) is 6.29 Å². The molecule has 5 nitrogen and oxygen atoms in total. The second-order valence-corrected chi connectivity index (χ2v) is 4.14. The molecule has 0 amide bonds. The lowest BCUT2D eigenvalue weighted by Gasteiger charge is -2.40. The van der Waals surface area contributed by atoms with E-state index < -0.39 is 18.2 Å². The predicted octanol–water partition coefficient (Wildman–Crippen LogP) is -1.34. The maximum Gasteiger partial charge on any atom is 0.137 e. The Balaban J connectivity index is 2.61. The Bertz CT molecular complexity index is 212. The lowest BCUT2D eigenvalue weighted by molar-refractivity contribution is -0.119. The third-order valence-corrected chi connectivity index (χ3v) is 3.09. The van der Waals surface area contributed by atoms with E-state index in [4.69, 9.17) is 5.11 Å². The van der Waals surface area contributed by atoms with Crippen molar-refractivity contribution in [2.45, 2.75) is 44.1 Å². The maximum atomic E-state index is 10.7. The second kappa shape index (κ2) is 5.55. The molecule has 0 bridgehead atoms. The van der Waals surface area contributed by atoms with Gasteiger partial charge in [-0.3, -0.25) is 0 Å². The molecule has 0 aromatic heterocycles. The summed E-state index contributed by atoms with van der Waals surface area (Å²) in [4.78, 5) is 10.7. The fourth-order valence-corrected chi connectivity index (χ4v) is 1.99. The van der Waals surface area contributed by atoms with Crippen LogP contribution in [0.1, 0.15) is 19.8 Å². The zero-order valence-electron chi connectivity index (χ0n) is 8.84. The highest BCUT2D eigenvalue weighted by Gasteiger charge is 2.39. The Kier molecular flexibility index (Phi) is 4.66. The number of piperidine rings is 1. The number of aldehydes is 1. The molecule has 15 heavy (non-hydrogen) atoms. The molecule has 1 aliphatic heterocycles. The lowest BCUT2D eigenvalue weighted by atomic mass is 9.83. The van der Waals surface area contributed by atoms with Crippen molar-refractivity contribution in [2.75, 3.05) is 6.61 Å². The van der Waals surface area contributed by atoms with Crippen LogP contribution in [0.5, 0.6) is 0 Å². The van der Waals surface area contributed by atoms with Crippen molar-refractivity contribution in [3.05, 3.63) is 0 Å². The number of carbonyl (C=O) groups is 1. The van der Waals surface area contributed by atoms with Crippen LogP contribution >= 0.6 is 0 Å². The van der Waals surface area contributed by atoms with E-state index in [1.54, 1.807) is 6.92 Å². The van der Waals surface area contributed by atoms with Crippen molar-refractivity contribution >= 4 is 6.29 Å². The number of aliphatic hydroxyl groups is 3. The topological polar surface area (TPSA) is 89.8 Å². The largest absolute Gasteiger partial charge is 0.396 e. The molecular formula is C10H19NO4. The average molecular weight is 217 g/mol. The van der Waals surface area contributed by atoms with Crippen LogP contribution in [-0.4, -0.2) is 52.5 Å². The first-order valence-corrected chi connectivity index (χ1v) is 5.30. The van der Waals surface area contributed by atoms with Gasteiger partial charge in [0.25, 0.3) is 0 Å². The van der Waals surface area contributed by atoms with E-state index in [1.807, 2.05) is 0 Å². The Morgan fingerprint density at radius 1 is 1.33 bits per heavy atom. The van der Waals surface area contributed by atoms with Gasteiger partial charge in [-0.15, -0.1) is 0 Å². The van der Waals surface area contributed by atoms with E-state index in [0.717, 1.165) is 6.29 Å². The van der Waals surface area contributed by atoms with Crippen molar-refractivity contribution in [3.63, 3.8) is 0 Å². The third kappa shape index (κ3) is 2.75. The Morgan fingerprint density at radius 3 is 2.53 bits per heavy atom. The molecule has 88 valence electrons. The molecule has 1 aliphatic rings. The first-order valence-electron chi connectivity index (χ1n) is 5.30. The molecule has 2 unspecified atom stereocenters. The monoisotopic (exact) mass is 217 g/mol. The number of aliphatic hydroxyl groups excluding tert-OH is 3. The highest BCUT2D eigenvalue weighted by molar-refractivity contribution is 5.58. The second-order valence-electron chi connectivity index (χ2n) is 4.14. The smallest absolute Gasteiger partial charge is 0.137 e. The SMILES string of the molecule is C[C@H]1C(C=O)N[C@H](CCCO)C(O)[C@H]1O. The Morgan fingerprint density at radius 2 is 2.00 bits per heavy atom. The summed E-state index contributed by atoms with van der Waals surface area (Å²) >= 11 is 0. The van der Waals surface area contributed by atoms with Crippen LogP contribution in [0.4, 0.5) is 0 Å². The minimum atomic E-state index is -0.884. The van der Waals surface area contributed by atoms with Crippen molar-refractivity contribution in [2.24, 2.45) is 5.92 Å². The van der Waals surface area contributed by atoms with Crippen molar-refractivity contribution in [3.8, 4) is 0 Å². The molecule has 0 saturated carbocycles. The number of hydrogen-bond acceptors (Lipinski definition) is 5. The molecule has 4 N–H and O–H groups in total. The lowest BCUT2D eigenvalue weighted by Crippen LogP contribution is -2.61. The van der Waals surface area contributed by atoms with Crippen molar-refractivity contribution in [1.29, 1.82) is 0 Å². The number of hydrogen-bond donors (Lipinski definition) is 4. The van der Waals surface area contributed by atoms with E-state index in [-0.39, 0.29) is 18.6 Å². The van der Waals surface area contributed by atoms with Crippen molar-refractivity contribution < 1.29 is 20.1 Å². The first-order chi connectivity index (χ1) is 7.11. The highest BCUT2D eigenvalue weighted by Crippen LogP contribution is 2.22. The van der Waals surface area contributed by atoms with Gasteiger partial charge in [-0.05, 0) is 12.8 Å². The summed E-state index contributed by atoms with van der Waals surface area (Å²) in [5.41, 5.74) is 0. The Labute approximate surface area is 89.1 Å². The van der Waals surface area contributed by atoms with Crippen LogP contribution < -0.4 is 5.32 Å². The van der Waals surface area contributed by atoms with Gasteiger partial charge in [0.05, 0.1) is 18.2 Å². The first kappa shape index (κ1) is 12.6. The molecule has 0 spiro atoms. The van der Waals surface area contributed by atoms with Gasteiger partial charge in [0.2, 0.25) is 0 Å². The predicted molar refractivity (Wildman–Crippen MR) is 54.3 cm³/mol. The fraction of sp³-hybridized carbons (Fsp3) is 0.900. The van der Waals surface area contributed by atoms with E-state index in [2.05, 4.69) is 5.32 Å². The van der Waals surface area contributed by atoms with Gasteiger partial charge >= 0.3 is 0 Å². The van der Waals surface area contributed by atoms with Crippen LogP contribution in [0, 0.1) is 5.92 Å². The molecule has 1 heterocycles. The van der Waals surface area contributed by atoms with Crippen LogP contribution in [0.2, 0.25) is 0 Å². The fourth-order valence-electron chi connectivity index (χ4n) is 1.99. The van der Waals surface area contributed by atoms with E-state index in [0.29, 0.717) is 12.8 Å². The third-order valence-electron chi connectivity index (χ3n) is 3.09. The summed E-state index contributed by atoms with van der Waals surface area (Å²) < 4.78 is 0. The Hall–Kier alpha value is -0.490. The summed E-state index contributed by atoms with van der Waals surface area (Å²) in [6.45, 7) is 1.77. The molecule has 1 fully saturated rings. The van der Waals surface area contributed by atoms with Gasteiger partial charge in [-0.25, -0.2) is 0 Å². The molecule has 1 rings (SSSR count). The van der Waals surface area contributed by atoms with Gasteiger partial charge < -0.3 is 25.4 Å². The quantitative estimate of drug-likeness (QED) is 0.437. The van der Waals surface area contributed by atoms with E-state index in [9.17, 15) is 15.0 Å². The summed E-state index contributed by atoms with van der Waals surface area (Å²) in [7, 11) is 0. The molecule has 0 radical (unpaired) electrons. The van der Waals surface area contributed by atoms with Crippen LogP contribution in [0.15, 0.2) is 0 Å². The number of nitrogens with one attached hydrogen (secondary N) is 1. The number of carbonyl (C=O) groups excluding carboxylic acids is 1. The standard InChI is InChI=1S/C10H19NO4/c1-6-8(5-13)11-7(3-2-4-12)10(15)9(6)14/h5-12,14-15H,2-4H2,1H3/t6-,7+,8?,9-,10?/m0/s1. The maximum absolute atomic E-state index is 10.7. The normalized spacial score (nSPS) is 41.5. The molecule has 5 heteroatoms.